The third kappa shape index (κ3) is 5.24. The maximum atomic E-state index is 13.8. The summed E-state index contributed by atoms with van der Waals surface area (Å²) in [6, 6.07) is 1.14. The van der Waals surface area contributed by atoms with Crippen LogP contribution in [0.25, 0.3) is 0 Å². The third-order valence-electron chi connectivity index (χ3n) is 5.84. The minimum atomic E-state index is -0.624. The summed E-state index contributed by atoms with van der Waals surface area (Å²) in [5.41, 5.74) is 1.51. The van der Waals surface area contributed by atoms with Crippen molar-refractivity contribution in [2.45, 2.75) is 59.4 Å². The fourth-order valence-electron chi connectivity index (χ4n) is 3.98. The lowest BCUT2D eigenvalue weighted by Gasteiger charge is -2.32. The van der Waals surface area contributed by atoms with Crippen LogP contribution in [0, 0.1) is 23.2 Å². The molecule has 7 heteroatoms. The number of thiophene rings is 1. The predicted molar refractivity (Wildman–Crippen MR) is 127 cm³/mol. The maximum absolute atomic E-state index is 13.8. The minimum absolute atomic E-state index is 0.106. The van der Waals surface area contributed by atoms with Crippen LogP contribution in [0.5, 0.6) is 0 Å². The fourth-order valence-corrected chi connectivity index (χ4v) is 4.90. The van der Waals surface area contributed by atoms with Crippen LogP contribution >= 0.6 is 11.3 Å². The second-order valence-corrected chi connectivity index (χ2v) is 10.7. The van der Waals surface area contributed by atoms with Gasteiger partial charge in [-0.3, -0.25) is 14.5 Å². The summed E-state index contributed by atoms with van der Waals surface area (Å²) < 4.78 is 5.02. The molecule has 1 fully saturated rings. The second kappa shape index (κ2) is 9.50. The molecule has 172 valence electrons. The number of esters is 1. The van der Waals surface area contributed by atoms with Crippen molar-refractivity contribution in [1.82, 2.24) is 4.90 Å². The highest BCUT2D eigenvalue weighted by atomic mass is 32.1. The molecule has 0 bridgehead atoms. The summed E-state index contributed by atoms with van der Waals surface area (Å²) in [5, 5.41) is 0. The van der Waals surface area contributed by atoms with E-state index in [1.807, 2.05) is 20.8 Å². The van der Waals surface area contributed by atoms with Crippen LogP contribution in [0.2, 0.25) is 0 Å². The molecule has 0 aromatic carbocycles. The molecule has 2 amide bonds. The largest absolute Gasteiger partial charge is 0.465 e. The van der Waals surface area contributed by atoms with Crippen molar-refractivity contribution in [3.8, 4) is 11.8 Å². The molecule has 3 rings (SSSR count). The number of anilines is 1. The number of ether oxygens (including phenoxy) is 1. The Morgan fingerprint density at radius 3 is 2.53 bits per heavy atom. The molecule has 6 nitrogen and oxygen atoms in total. The van der Waals surface area contributed by atoms with Gasteiger partial charge in [-0.1, -0.05) is 23.5 Å². The molecule has 0 N–H and O–H groups in total. The molecule has 1 aliphatic heterocycles. The summed E-state index contributed by atoms with van der Waals surface area (Å²) in [7, 11) is 3.06. The Hall–Kier alpha value is -2.59. The van der Waals surface area contributed by atoms with Gasteiger partial charge in [0.05, 0.1) is 17.7 Å². The number of methoxy groups -OCH3 is 1. The van der Waals surface area contributed by atoms with Gasteiger partial charge in [0.2, 0.25) is 11.8 Å². The molecule has 32 heavy (non-hydrogen) atoms. The van der Waals surface area contributed by atoms with Crippen LogP contribution in [0.3, 0.4) is 0 Å². The van der Waals surface area contributed by atoms with E-state index >= 15 is 0 Å². The van der Waals surface area contributed by atoms with Gasteiger partial charge in [-0.15, -0.1) is 11.3 Å². The highest BCUT2D eigenvalue weighted by Crippen LogP contribution is 2.37. The van der Waals surface area contributed by atoms with E-state index in [1.54, 1.807) is 22.9 Å². The van der Waals surface area contributed by atoms with Crippen molar-refractivity contribution < 1.29 is 19.1 Å². The van der Waals surface area contributed by atoms with E-state index < -0.39 is 12.0 Å². The molecule has 1 aliphatic carbocycles. The topological polar surface area (TPSA) is 66.9 Å². The van der Waals surface area contributed by atoms with Gasteiger partial charge in [-0.25, -0.2) is 4.79 Å². The molecule has 1 aromatic rings. The molecular weight excluding hydrogens is 424 g/mol. The Balaban J connectivity index is 2.09. The van der Waals surface area contributed by atoms with Crippen LogP contribution in [0.15, 0.2) is 17.7 Å². The first-order valence-electron chi connectivity index (χ1n) is 11.0. The maximum Gasteiger partial charge on any atom is 0.350 e. The van der Waals surface area contributed by atoms with Gasteiger partial charge in [-0.2, -0.15) is 0 Å². The SMILES string of the molecule is COC(=O)c1sc(C#CC(C)(C)C)cc1N(C(=O)C1CC=C(C)CC1)C1CCN(C)C1=O. The number of nitrogens with zero attached hydrogens (tertiary/aromatic N) is 2. The number of likely N-dealkylation sites (N-methyl/N-ethyl adjacent to an activating group) is 1. The highest BCUT2D eigenvalue weighted by Gasteiger charge is 2.41. The summed E-state index contributed by atoms with van der Waals surface area (Å²) in [6.45, 7) is 8.68. The number of hydrogen-bond donors (Lipinski definition) is 0. The summed E-state index contributed by atoms with van der Waals surface area (Å²) in [6.07, 6.45) is 4.87. The Bertz CT molecular complexity index is 1010. The summed E-state index contributed by atoms with van der Waals surface area (Å²) >= 11 is 1.21. The number of hydrogen-bond acceptors (Lipinski definition) is 5. The van der Waals surface area contributed by atoms with Gasteiger partial charge in [0.25, 0.3) is 0 Å². The molecule has 0 saturated carbocycles. The Morgan fingerprint density at radius 2 is 2.00 bits per heavy atom. The first kappa shape index (κ1) is 24.1. The zero-order chi connectivity index (χ0) is 23.6. The minimum Gasteiger partial charge on any atom is -0.465 e. The molecule has 2 aliphatic rings. The Morgan fingerprint density at radius 1 is 1.28 bits per heavy atom. The van der Waals surface area contributed by atoms with E-state index in [-0.39, 0.29) is 23.1 Å². The number of rotatable bonds is 4. The quantitative estimate of drug-likeness (QED) is 0.386. The standard InChI is InChI=1S/C25H32N2O4S/c1-16-7-9-17(10-8-16)22(28)27(19-12-14-26(5)23(19)29)20-15-18(11-13-25(2,3)4)32-21(20)24(30)31-6/h7,15,17,19H,8-10,12,14H2,1-6H3. The van der Waals surface area contributed by atoms with Gasteiger partial charge >= 0.3 is 5.97 Å². The van der Waals surface area contributed by atoms with E-state index in [0.29, 0.717) is 34.8 Å². The number of allylic oxidation sites excluding steroid dienone is 2. The van der Waals surface area contributed by atoms with Crippen molar-refractivity contribution in [3.05, 3.63) is 27.5 Å². The lowest BCUT2D eigenvalue weighted by Crippen LogP contribution is -2.48. The van der Waals surface area contributed by atoms with E-state index in [4.69, 9.17) is 4.74 Å². The molecule has 0 radical (unpaired) electrons. The Labute approximate surface area is 194 Å². The molecule has 1 saturated heterocycles. The van der Waals surface area contributed by atoms with Crippen LogP contribution in [0.4, 0.5) is 5.69 Å². The average Bonchev–Trinajstić information content (AvgIpc) is 3.31. The molecule has 2 heterocycles. The zero-order valence-corrected chi connectivity index (χ0v) is 20.6. The van der Waals surface area contributed by atoms with Crippen molar-refractivity contribution in [2.24, 2.45) is 11.3 Å². The second-order valence-electron chi connectivity index (χ2n) is 9.61. The molecule has 2 atom stereocenters. The van der Waals surface area contributed by atoms with Crippen LogP contribution < -0.4 is 4.90 Å². The normalized spacial score (nSPS) is 21.0. The van der Waals surface area contributed by atoms with Crippen molar-refractivity contribution in [3.63, 3.8) is 0 Å². The van der Waals surface area contributed by atoms with Crippen LogP contribution in [-0.4, -0.2) is 49.4 Å². The van der Waals surface area contributed by atoms with E-state index in [2.05, 4.69) is 24.8 Å². The monoisotopic (exact) mass is 456 g/mol. The number of likely N-dealkylation sites (tertiary alicyclic amines) is 1. The molecule has 0 spiro atoms. The third-order valence-corrected chi connectivity index (χ3v) is 6.86. The van der Waals surface area contributed by atoms with Crippen molar-refractivity contribution in [1.29, 1.82) is 0 Å². The van der Waals surface area contributed by atoms with Gasteiger partial charge < -0.3 is 9.64 Å². The predicted octanol–water partition coefficient (Wildman–Crippen LogP) is 4.24. The Kier molecular flexibility index (Phi) is 7.14. The van der Waals surface area contributed by atoms with Gasteiger partial charge in [-0.05, 0) is 59.4 Å². The lowest BCUT2D eigenvalue weighted by molar-refractivity contribution is -0.131. The first-order valence-corrected chi connectivity index (χ1v) is 11.8. The van der Waals surface area contributed by atoms with Gasteiger partial charge in [0, 0.05) is 24.9 Å². The number of carbonyl (C=O) groups excluding carboxylic acids is 3. The van der Waals surface area contributed by atoms with Crippen molar-refractivity contribution >= 4 is 34.8 Å². The van der Waals surface area contributed by atoms with Gasteiger partial charge in [0.15, 0.2) is 0 Å². The zero-order valence-electron chi connectivity index (χ0n) is 19.8. The fraction of sp³-hybridized carbons (Fsp3) is 0.560. The molecule has 2 unspecified atom stereocenters. The average molecular weight is 457 g/mol. The number of carbonyl (C=O) groups is 3. The summed E-state index contributed by atoms with van der Waals surface area (Å²) in [5.74, 6) is 5.36. The van der Waals surface area contributed by atoms with Crippen LogP contribution in [0.1, 0.15) is 67.9 Å². The van der Waals surface area contributed by atoms with Crippen LogP contribution in [-0.2, 0) is 14.3 Å². The molecule has 1 aromatic heterocycles. The van der Waals surface area contributed by atoms with Crippen molar-refractivity contribution in [2.75, 3.05) is 25.6 Å². The lowest BCUT2D eigenvalue weighted by atomic mass is 9.88. The summed E-state index contributed by atoms with van der Waals surface area (Å²) in [4.78, 5) is 43.6. The highest BCUT2D eigenvalue weighted by molar-refractivity contribution is 7.15. The van der Waals surface area contributed by atoms with E-state index in [0.717, 1.165) is 12.8 Å². The first-order chi connectivity index (χ1) is 15.0. The van der Waals surface area contributed by atoms with E-state index in [1.165, 1.54) is 24.0 Å². The molecular formula is C25H32N2O4S. The number of amides is 2. The smallest absolute Gasteiger partial charge is 0.350 e. The van der Waals surface area contributed by atoms with Gasteiger partial charge in [0.1, 0.15) is 10.9 Å². The van der Waals surface area contributed by atoms with E-state index in [9.17, 15) is 14.4 Å².